The second kappa shape index (κ2) is 16.6. The second-order valence-corrected chi connectivity index (χ2v) is 9.06. The smallest absolute Gasteiger partial charge is 0.222 e. The van der Waals surface area contributed by atoms with E-state index in [9.17, 15) is 4.79 Å². The summed E-state index contributed by atoms with van der Waals surface area (Å²) < 4.78 is 0. The highest BCUT2D eigenvalue weighted by Crippen LogP contribution is 2.18. The van der Waals surface area contributed by atoms with E-state index in [4.69, 9.17) is 0 Å². The van der Waals surface area contributed by atoms with Gasteiger partial charge in [0.05, 0.1) is 0 Å². The lowest BCUT2D eigenvalue weighted by Gasteiger charge is -2.36. The second-order valence-electron chi connectivity index (χ2n) is 9.06. The molecule has 2 heteroatoms. The Morgan fingerprint density at radius 2 is 1.00 bits per heavy atom. The molecule has 0 spiro atoms. The van der Waals surface area contributed by atoms with Crippen LogP contribution >= 0.6 is 0 Å². The molecule has 0 saturated heterocycles. The number of rotatable bonds is 17. The maximum atomic E-state index is 12.7. The number of carbonyl (C=O) groups excluding carboxylic acids is 1. The molecule has 0 fully saturated rings. The van der Waals surface area contributed by atoms with Crippen molar-refractivity contribution in [2.75, 3.05) is 6.54 Å². The summed E-state index contributed by atoms with van der Waals surface area (Å²) in [7, 11) is 0. The van der Waals surface area contributed by atoms with E-state index in [1.807, 2.05) is 0 Å². The fourth-order valence-electron chi connectivity index (χ4n) is 3.61. The van der Waals surface area contributed by atoms with Crippen LogP contribution in [0.2, 0.25) is 0 Å². The lowest BCUT2D eigenvalue weighted by Crippen LogP contribution is -2.46. The molecule has 0 aliphatic carbocycles. The van der Waals surface area contributed by atoms with Crippen LogP contribution in [0.5, 0.6) is 0 Å². The molecule has 26 heavy (non-hydrogen) atoms. The predicted octanol–water partition coefficient (Wildman–Crippen LogP) is 7.89. The van der Waals surface area contributed by atoms with E-state index in [1.165, 1.54) is 83.5 Å². The van der Waals surface area contributed by atoms with E-state index in [2.05, 4.69) is 39.5 Å². The molecule has 0 heterocycles. The predicted molar refractivity (Wildman–Crippen MR) is 117 cm³/mol. The van der Waals surface area contributed by atoms with Crippen LogP contribution in [0.15, 0.2) is 0 Å². The first kappa shape index (κ1) is 25.5. The van der Waals surface area contributed by atoms with E-state index in [1.54, 1.807) is 0 Å². The molecule has 2 nitrogen and oxygen atoms in total. The van der Waals surface area contributed by atoms with Crippen molar-refractivity contribution in [2.24, 2.45) is 0 Å². The highest BCUT2D eigenvalue weighted by Gasteiger charge is 2.25. The molecule has 0 bridgehead atoms. The van der Waals surface area contributed by atoms with Crippen LogP contribution in [0.3, 0.4) is 0 Å². The average molecular weight is 368 g/mol. The van der Waals surface area contributed by atoms with Gasteiger partial charge in [-0.2, -0.15) is 0 Å². The van der Waals surface area contributed by atoms with Gasteiger partial charge in [-0.25, -0.2) is 0 Å². The zero-order chi connectivity index (χ0) is 19.7. The summed E-state index contributed by atoms with van der Waals surface area (Å²) in [5, 5.41) is 0. The van der Waals surface area contributed by atoms with Gasteiger partial charge in [-0.05, 0) is 33.6 Å². The van der Waals surface area contributed by atoms with E-state index in [-0.39, 0.29) is 5.54 Å². The monoisotopic (exact) mass is 367 g/mol. The van der Waals surface area contributed by atoms with Gasteiger partial charge in [0, 0.05) is 18.5 Å². The summed E-state index contributed by atoms with van der Waals surface area (Å²) in [6.07, 6.45) is 20.3. The quantitative estimate of drug-likeness (QED) is 0.239. The van der Waals surface area contributed by atoms with Gasteiger partial charge in [0.15, 0.2) is 0 Å². The number of hydrogen-bond donors (Lipinski definition) is 0. The minimum atomic E-state index is -0.0423. The van der Waals surface area contributed by atoms with Gasteiger partial charge in [-0.1, -0.05) is 97.3 Å². The molecule has 0 aliphatic heterocycles. The molecule has 0 aromatic heterocycles. The summed E-state index contributed by atoms with van der Waals surface area (Å²) in [4.78, 5) is 14.8. The minimum Gasteiger partial charge on any atom is -0.338 e. The maximum absolute atomic E-state index is 12.7. The Bertz CT molecular complexity index is 319. The number of amides is 1. The Morgan fingerprint density at radius 1 is 0.615 bits per heavy atom. The van der Waals surface area contributed by atoms with E-state index in [0.29, 0.717) is 5.91 Å². The maximum Gasteiger partial charge on any atom is 0.222 e. The van der Waals surface area contributed by atoms with Gasteiger partial charge >= 0.3 is 0 Å². The first-order chi connectivity index (χ1) is 12.4. The molecule has 156 valence electrons. The number of unbranched alkanes of at least 4 members (excludes halogenated alkanes) is 13. The van der Waals surface area contributed by atoms with E-state index in [0.717, 1.165) is 25.8 Å². The van der Waals surface area contributed by atoms with Gasteiger partial charge in [0.1, 0.15) is 0 Å². The van der Waals surface area contributed by atoms with Crippen LogP contribution < -0.4 is 0 Å². The highest BCUT2D eigenvalue weighted by atomic mass is 16.2. The van der Waals surface area contributed by atoms with Crippen molar-refractivity contribution in [1.82, 2.24) is 4.90 Å². The highest BCUT2D eigenvalue weighted by molar-refractivity contribution is 5.76. The Balaban J connectivity index is 3.91. The third kappa shape index (κ3) is 14.6. The first-order valence-corrected chi connectivity index (χ1v) is 11.7. The zero-order valence-electron chi connectivity index (χ0n) is 18.9. The van der Waals surface area contributed by atoms with Gasteiger partial charge < -0.3 is 4.90 Å². The van der Waals surface area contributed by atoms with Crippen LogP contribution in [-0.4, -0.2) is 22.9 Å². The molecule has 0 aliphatic rings. The van der Waals surface area contributed by atoms with Crippen molar-refractivity contribution < 1.29 is 4.79 Å². The summed E-state index contributed by atoms with van der Waals surface area (Å²) in [6.45, 7) is 12.0. The molecular weight excluding hydrogens is 318 g/mol. The van der Waals surface area contributed by atoms with Gasteiger partial charge in [-0.3, -0.25) is 4.79 Å². The van der Waals surface area contributed by atoms with Crippen molar-refractivity contribution >= 4 is 5.91 Å². The molecule has 0 aromatic rings. The fourth-order valence-corrected chi connectivity index (χ4v) is 3.61. The molecule has 1 amide bonds. The summed E-state index contributed by atoms with van der Waals surface area (Å²) in [5.74, 6) is 0.369. The van der Waals surface area contributed by atoms with Crippen LogP contribution in [0.4, 0.5) is 0 Å². The van der Waals surface area contributed by atoms with Crippen LogP contribution in [-0.2, 0) is 4.79 Å². The fraction of sp³-hybridized carbons (Fsp3) is 0.958. The van der Waals surface area contributed by atoms with Crippen LogP contribution in [0, 0.1) is 0 Å². The van der Waals surface area contributed by atoms with Crippen molar-refractivity contribution in [3.05, 3.63) is 0 Å². The minimum absolute atomic E-state index is 0.0423. The Kier molecular flexibility index (Phi) is 16.3. The topological polar surface area (TPSA) is 20.3 Å². The summed E-state index contributed by atoms with van der Waals surface area (Å²) >= 11 is 0. The summed E-state index contributed by atoms with van der Waals surface area (Å²) in [5.41, 5.74) is -0.0423. The zero-order valence-corrected chi connectivity index (χ0v) is 18.9. The van der Waals surface area contributed by atoms with Gasteiger partial charge in [0.25, 0.3) is 0 Å². The molecule has 0 unspecified atom stereocenters. The first-order valence-electron chi connectivity index (χ1n) is 11.7. The SMILES string of the molecule is CCCCCCCCCCN(C(=O)CCCCCCCCC)C(C)(C)C. The largest absolute Gasteiger partial charge is 0.338 e. The average Bonchev–Trinajstić information content (AvgIpc) is 2.58. The lowest BCUT2D eigenvalue weighted by molar-refractivity contribution is -0.136. The number of hydrogen-bond acceptors (Lipinski definition) is 1. The number of nitrogens with zero attached hydrogens (tertiary/aromatic N) is 1. The third-order valence-electron chi connectivity index (χ3n) is 5.34. The van der Waals surface area contributed by atoms with Crippen molar-refractivity contribution in [3.63, 3.8) is 0 Å². The molecule has 0 radical (unpaired) electrons. The van der Waals surface area contributed by atoms with Crippen LogP contribution in [0.1, 0.15) is 137 Å². The standard InChI is InChI=1S/C24H49NO/c1-6-8-10-12-14-16-18-20-22-25(24(3,4)5)23(26)21-19-17-15-13-11-9-7-2/h6-22H2,1-5H3. The van der Waals surface area contributed by atoms with Crippen LogP contribution in [0.25, 0.3) is 0 Å². The Labute approximate surface area is 165 Å². The van der Waals surface area contributed by atoms with Crippen molar-refractivity contribution in [3.8, 4) is 0 Å². The normalized spacial score (nSPS) is 11.7. The Morgan fingerprint density at radius 3 is 1.42 bits per heavy atom. The molecule has 0 saturated carbocycles. The Hall–Kier alpha value is -0.530. The molecule has 0 N–H and O–H groups in total. The molecular formula is C24H49NO. The molecule has 0 atom stereocenters. The van der Waals surface area contributed by atoms with E-state index < -0.39 is 0 Å². The van der Waals surface area contributed by atoms with E-state index >= 15 is 0 Å². The molecule has 0 aromatic carbocycles. The molecule has 0 rings (SSSR count). The van der Waals surface area contributed by atoms with Gasteiger partial charge in [-0.15, -0.1) is 0 Å². The third-order valence-corrected chi connectivity index (χ3v) is 5.34. The number of carbonyl (C=O) groups is 1. The van der Waals surface area contributed by atoms with Crippen molar-refractivity contribution in [1.29, 1.82) is 0 Å². The lowest BCUT2D eigenvalue weighted by atomic mass is 10.0. The van der Waals surface area contributed by atoms with Crippen molar-refractivity contribution in [2.45, 2.75) is 143 Å². The summed E-state index contributed by atoms with van der Waals surface area (Å²) in [6, 6.07) is 0. The van der Waals surface area contributed by atoms with Gasteiger partial charge in [0.2, 0.25) is 5.91 Å².